The van der Waals surface area contributed by atoms with Crippen LogP contribution in [-0.4, -0.2) is 16.4 Å². The van der Waals surface area contributed by atoms with Crippen molar-refractivity contribution in [1.29, 1.82) is 0 Å². The van der Waals surface area contributed by atoms with Crippen molar-refractivity contribution < 1.29 is 32.1 Å². The number of fused-ring (bicyclic) bond motifs is 2. The third-order valence-corrected chi connectivity index (χ3v) is 7.97. The number of hydrogen-bond donors (Lipinski definition) is 1. The molecule has 4 nitrogen and oxygen atoms in total. The molecule has 0 spiro atoms. The summed E-state index contributed by atoms with van der Waals surface area (Å²) >= 11 is 0. The Morgan fingerprint density at radius 3 is 2.45 bits per heavy atom. The van der Waals surface area contributed by atoms with Crippen LogP contribution >= 0.6 is 0 Å². The first-order valence-electron chi connectivity index (χ1n) is 13.1. The van der Waals surface area contributed by atoms with Crippen LogP contribution in [0.25, 0.3) is 11.1 Å². The maximum absolute atomic E-state index is 17.0. The summed E-state index contributed by atoms with van der Waals surface area (Å²) in [5.41, 5.74) is 2.68. The van der Waals surface area contributed by atoms with Crippen LogP contribution in [0, 0.1) is 11.2 Å². The lowest BCUT2D eigenvalue weighted by Gasteiger charge is -2.37. The molecule has 200 valence electrons. The first kappa shape index (κ1) is 25.2. The Morgan fingerprint density at radius 2 is 1.74 bits per heavy atom. The van der Waals surface area contributed by atoms with Gasteiger partial charge in [0.1, 0.15) is 5.82 Å². The zero-order chi connectivity index (χ0) is 26.8. The van der Waals surface area contributed by atoms with E-state index >= 15 is 4.39 Å². The number of pyridine rings is 1. The summed E-state index contributed by atoms with van der Waals surface area (Å²) in [7, 11) is 0. The van der Waals surface area contributed by atoms with E-state index in [1.807, 2.05) is 0 Å². The third kappa shape index (κ3) is 4.32. The molecule has 2 unspecified atom stereocenters. The van der Waals surface area contributed by atoms with Crippen molar-refractivity contribution in [3.8, 4) is 22.6 Å². The van der Waals surface area contributed by atoms with E-state index in [4.69, 9.17) is 9.72 Å². The highest BCUT2D eigenvalue weighted by Crippen LogP contribution is 2.53. The molecule has 2 heterocycles. The van der Waals surface area contributed by atoms with E-state index < -0.39 is 24.4 Å². The maximum atomic E-state index is 17.0. The largest absolute Gasteiger partial charge is 0.586 e. The van der Waals surface area contributed by atoms with Crippen LogP contribution in [0.5, 0.6) is 11.5 Å². The minimum absolute atomic E-state index is 0.0229. The number of aromatic nitrogens is 1. The van der Waals surface area contributed by atoms with Gasteiger partial charge in [0.15, 0.2) is 17.7 Å². The Labute approximate surface area is 218 Å². The molecule has 2 aliphatic carbocycles. The molecular formula is C30H29F4NO3. The van der Waals surface area contributed by atoms with E-state index in [1.54, 1.807) is 12.1 Å². The molecule has 0 radical (unpaired) electrons. The van der Waals surface area contributed by atoms with Crippen molar-refractivity contribution in [2.24, 2.45) is 5.41 Å². The monoisotopic (exact) mass is 527 g/mol. The smallest absolute Gasteiger partial charge is 0.395 e. The number of benzene rings is 2. The van der Waals surface area contributed by atoms with Crippen molar-refractivity contribution in [3.63, 3.8) is 0 Å². The van der Waals surface area contributed by atoms with Gasteiger partial charge in [-0.25, -0.2) is 8.78 Å². The zero-order valence-electron chi connectivity index (χ0n) is 21.2. The topological polar surface area (TPSA) is 51.6 Å². The van der Waals surface area contributed by atoms with Gasteiger partial charge in [-0.15, -0.1) is 8.78 Å². The molecule has 1 aliphatic heterocycles. The molecule has 38 heavy (non-hydrogen) atoms. The fourth-order valence-corrected chi connectivity index (χ4v) is 6.37. The van der Waals surface area contributed by atoms with Gasteiger partial charge in [-0.2, -0.15) is 0 Å². The molecule has 3 aromatic rings. The number of hydrogen-bond acceptors (Lipinski definition) is 4. The average Bonchev–Trinajstić information content (AvgIpc) is 3.48. The quantitative estimate of drug-likeness (QED) is 0.350. The summed E-state index contributed by atoms with van der Waals surface area (Å²) in [4.78, 5) is 5.02. The van der Waals surface area contributed by atoms with Crippen molar-refractivity contribution in [2.75, 3.05) is 0 Å². The van der Waals surface area contributed by atoms with E-state index in [9.17, 15) is 18.3 Å². The van der Waals surface area contributed by atoms with Gasteiger partial charge in [0.05, 0.1) is 11.8 Å². The number of alkyl halides is 3. The highest BCUT2D eigenvalue weighted by molar-refractivity contribution is 5.75. The number of aliphatic hydroxyl groups is 1. The second-order valence-electron chi connectivity index (χ2n) is 11.4. The van der Waals surface area contributed by atoms with Crippen molar-refractivity contribution in [2.45, 2.75) is 76.9 Å². The summed E-state index contributed by atoms with van der Waals surface area (Å²) in [5, 5.41) is 11.4. The fourth-order valence-electron chi connectivity index (χ4n) is 6.37. The molecular weight excluding hydrogens is 498 g/mol. The molecule has 0 bridgehead atoms. The van der Waals surface area contributed by atoms with Gasteiger partial charge in [-0.1, -0.05) is 51.0 Å². The minimum Gasteiger partial charge on any atom is -0.395 e. The van der Waals surface area contributed by atoms with Gasteiger partial charge in [-0.3, -0.25) is 4.98 Å². The first-order valence-corrected chi connectivity index (χ1v) is 13.1. The van der Waals surface area contributed by atoms with E-state index in [2.05, 4.69) is 18.6 Å². The number of para-hydroxylation sites is 1. The van der Waals surface area contributed by atoms with Crippen LogP contribution in [-0.2, 0) is 6.42 Å². The molecule has 0 amide bonds. The van der Waals surface area contributed by atoms with Gasteiger partial charge in [0.2, 0.25) is 0 Å². The predicted molar refractivity (Wildman–Crippen MR) is 133 cm³/mol. The summed E-state index contributed by atoms with van der Waals surface area (Å²) < 4.78 is 68.3. The van der Waals surface area contributed by atoms with Crippen LogP contribution in [0.15, 0.2) is 42.5 Å². The molecule has 2 aromatic carbocycles. The lowest BCUT2D eigenvalue weighted by molar-refractivity contribution is -0.287. The Hall–Kier alpha value is -3.13. The number of nitrogens with zero attached hydrogens (tertiary/aromatic N) is 1. The van der Waals surface area contributed by atoms with E-state index in [1.165, 1.54) is 30.3 Å². The lowest BCUT2D eigenvalue weighted by atomic mass is 9.71. The van der Waals surface area contributed by atoms with Crippen LogP contribution < -0.4 is 9.47 Å². The first-order chi connectivity index (χ1) is 18.0. The normalized spacial score (nSPS) is 22.3. The number of rotatable bonds is 4. The number of halogens is 4. The molecule has 1 fully saturated rings. The Bertz CT molecular complexity index is 1380. The van der Waals surface area contributed by atoms with Gasteiger partial charge >= 0.3 is 6.29 Å². The standard InChI is InChI=1S/C30H29F4NO3/c1-29(2)14-20-24(21(36)15-29)23(16-10-12-18(31)13-11-16)25(27(35-20)17-6-3-4-7-17)26(32)19-8-5-9-22-28(19)38-30(33,34)37-22/h5,8-13,17,21,26,36H,3-4,6-7,14-15H2,1-2H3. The maximum Gasteiger partial charge on any atom is 0.586 e. The number of ether oxygens (including phenoxy) is 2. The van der Waals surface area contributed by atoms with E-state index in [0.717, 1.165) is 25.7 Å². The highest BCUT2D eigenvalue weighted by atomic mass is 19.3. The SMILES string of the molecule is CC1(C)Cc2nc(C3CCCC3)c(C(F)c3cccc4c3OC(F)(F)O4)c(-c3ccc(F)cc3)c2C(O)C1. The van der Waals surface area contributed by atoms with Crippen LogP contribution in [0.3, 0.4) is 0 Å². The van der Waals surface area contributed by atoms with Crippen molar-refractivity contribution in [1.82, 2.24) is 4.98 Å². The average molecular weight is 528 g/mol. The van der Waals surface area contributed by atoms with Gasteiger partial charge in [0, 0.05) is 28.3 Å². The molecule has 6 rings (SSSR count). The summed E-state index contributed by atoms with van der Waals surface area (Å²) in [6, 6.07) is 9.88. The lowest BCUT2D eigenvalue weighted by Crippen LogP contribution is -2.29. The van der Waals surface area contributed by atoms with Crippen LogP contribution in [0.4, 0.5) is 17.6 Å². The van der Waals surface area contributed by atoms with Crippen LogP contribution in [0.2, 0.25) is 0 Å². The zero-order valence-corrected chi connectivity index (χ0v) is 21.2. The molecule has 1 N–H and O–H groups in total. The van der Waals surface area contributed by atoms with Crippen molar-refractivity contribution in [3.05, 3.63) is 76.4 Å². The summed E-state index contributed by atoms with van der Waals surface area (Å²) in [6.45, 7) is 4.12. The molecule has 1 saturated carbocycles. The molecule has 0 saturated heterocycles. The second-order valence-corrected chi connectivity index (χ2v) is 11.4. The van der Waals surface area contributed by atoms with Gasteiger partial charge < -0.3 is 14.6 Å². The van der Waals surface area contributed by atoms with Gasteiger partial charge in [0.25, 0.3) is 0 Å². The van der Waals surface area contributed by atoms with Gasteiger partial charge in [-0.05, 0) is 60.4 Å². The fraction of sp³-hybridized carbons (Fsp3) is 0.433. The molecule has 8 heteroatoms. The molecule has 1 aromatic heterocycles. The highest BCUT2D eigenvalue weighted by Gasteiger charge is 2.46. The molecule has 3 aliphatic rings. The van der Waals surface area contributed by atoms with Crippen molar-refractivity contribution >= 4 is 0 Å². The summed E-state index contributed by atoms with van der Waals surface area (Å²) in [6.07, 6.45) is -2.09. The predicted octanol–water partition coefficient (Wildman–Crippen LogP) is 7.93. The van der Waals surface area contributed by atoms with E-state index in [-0.39, 0.29) is 34.0 Å². The number of aliphatic hydroxyl groups excluding tert-OH is 1. The Morgan fingerprint density at radius 1 is 1.03 bits per heavy atom. The Balaban J connectivity index is 1.64. The summed E-state index contributed by atoms with van der Waals surface area (Å²) in [5.74, 6) is -1.06. The third-order valence-electron chi connectivity index (χ3n) is 7.97. The Kier molecular flexibility index (Phi) is 5.94. The van der Waals surface area contributed by atoms with E-state index in [0.29, 0.717) is 40.9 Å². The minimum atomic E-state index is -3.90. The van der Waals surface area contributed by atoms with Crippen LogP contribution in [0.1, 0.15) is 92.2 Å². The second kappa shape index (κ2) is 8.97. The molecule has 2 atom stereocenters.